The first kappa shape index (κ1) is 16.2. The summed E-state index contributed by atoms with van der Waals surface area (Å²) in [6, 6.07) is 8.36. The molecule has 1 N–H and O–H groups in total. The highest BCUT2D eigenvalue weighted by atomic mass is 35.5. The molecule has 2 aromatic rings. The predicted octanol–water partition coefficient (Wildman–Crippen LogP) is 3.74. The SMILES string of the molecule is Cc1ccc(Cl)c(OCCNC(=O)c2ccc(F)c(F)c2)c1. The molecule has 0 unspecified atom stereocenters. The van der Waals surface area contributed by atoms with Crippen molar-refractivity contribution in [3.63, 3.8) is 0 Å². The zero-order valence-electron chi connectivity index (χ0n) is 11.8. The lowest BCUT2D eigenvalue weighted by Gasteiger charge is -2.10. The number of hydrogen-bond acceptors (Lipinski definition) is 2. The van der Waals surface area contributed by atoms with Gasteiger partial charge in [-0.1, -0.05) is 17.7 Å². The Morgan fingerprint density at radius 2 is 1.95 bits per heavy atom. The van der Waals surface area contributed by atoms with Crippen LogP contribution in [0, 0.1) is 18.6 Å². The smallest absolute Gasteiger partial charge is 0.251 e. The van der Waals surface area contributed by atoms with Crippen LogP contribution in [0.15, 0.2) is 36.4 Å². The van der Waals surface area contributed by atoms with Crippen molar-refractivity contribution in [2.24, 2.45) is 0 Å². The van der Waals surface area contributed by atoms with Crippen molar-refractivity contribution >= 4 is 17.5 Å². The van der Waals surface area contributed by atoms with E-state index in [0.717, 1.165) is 17.7 Å². The van der Waals surface area contributed by atoms with Gasteiger partial charge in [0.25, 0.3) is 5.91 Å². The van der Waals surface area contributed by atoms with E-state index < -0.39 is 17.5 Å². The van der Waals surface area contributed by atoms with Crippen LogP contribution in [0.2, 0.25) is 5.02 Å². The summed E-state index contributed by atoms with van der Waals surface area (Å²) in [6.45, 7) is 2.33. The van der Waals surface area contributed by atoms with Crippen LogP contribution in [-0.2, 0) is 0 Å². The third-order valence-electron chi connectivity index (χ3n) is 2.91. The second-order valence-corrected chi connectivity index (χ2v) is 5.07. The monoisotopic (exact) mass is 325 g/mol. The fraction of sp³-hybridized carbons (Fsp3) is 0.188. The van der Waals surface area contributed by atoms with Crippen molar-refractivity contribution in [1.29, 1.82) is 0 Å². The number of hydrogen-bond donors (Lipinski definition) is 1. The Morgan fingerprint density at radius 1 is 1.18 bits per heavy atom. The van der Waals surface area contributed by atoms with E-state index in [4.69, 9.17) is 16.3 Å². The van der Waals surface area contributed by atoms with E-state index >= 15 is 0 Å². The Hall–Kier alpha value is -2.14. The summed E-state index contributed by atoms with van der Waals surface area (Å²) < 4.78 is 31.3. The lowest BCUT2D eigenvalue weighted by Crippen LogP contribution is -2.28. The maximum atomic E-state index is 13.0. The van der Waals surface area contributed by atoms with Crippen LogP contribution in [0.25, 0.3) is 0 Å². The first-order valence-corrected chi connectivity index (χ1v) is 6.97. The fourth-order valence-corrected chi connectivity index (χ4v) is 1.96. The van der Waals surface area contributed by atoms with E-state index in [2.05, 4.69) is 5.32 Å². The summed E-state index contributed by atoms with van der Waals surface area (Å²) in [5.74, 6) is -2.02. The maximum absolute atomic E-state index is 13.0. The maximum Gasteiger partial charge on any atom is 0.251 e. The summed E-state index contributed by atoms with van der Waals surface area (Å²) in [6.07, 6.45) is 0. The van der Waals surface area contributed by atoms with Crippen molar-refractivity contribution in [3.8, 4) is 5.75 Å². The van der Waals surface area contributed by atoms with Crippen LogP contribution in [0.1, 0.15) is 15.9 Å². The van der Waals surface area contributed by atoms with Crippen LogP contribution in [0.5, 0.6) is 5.75 Å². The molecule has 0 aliphatic heterocycles. The fourth-order valence-electron chi connectivity index (χ4n) is 1.79. The van der Waals surface area contributed by atoms with Gasteiger partial charge < -0.3 is 10.1 Å². The van der Waals surface area contributed by atoms with Gasteiger partial charge in [0.15, 0.2) is 11.6 Å². The molecule has 0 spiro atoms. The molecule has 0 aliphatic carbocycles. The van der Waals surface area contributed by atoms with Crippen molar-refractivity contribution in [3.05, 3.63) is 64.2 Å². The number of halogens is 3. The highest BCUT2D eigenvalue weighted by Gasteiger charge is 2.09. The minimum atomic E-state index is -1.06. The molecule has 22 heavy (non-hydrogen) atoms. The number of nitrogens with one attached hydrogen (secondary N) is 1. The number of carbonyl (C=O) groups excluding carboxylic acids is 1. The average molecular weight is 326 g/mol. The third-order valence-corrected chi connectivity index (χ3v) is 3.23. The zero-order valence-corrected chi connectivity index (χ0v) is 12.6. The van der Waals surface area contributed by atoms with Crippen LogP contribution in [-0.4, -0.2) is 19.1 Å². The van der Waals surface area contributed by atoms with Crippen molar-refractivity contribution in [2.75, 3.05) is 13.2 Å². The minimum Gasteiger partial charge on any atom is -0.490 e. The molecule has 0 radical (unpaired) electrons. The molecular weight excluding hydrogens is 312 g/mol. The molecule has 0 saturated carbocycles. The Labute approximate surface area is 131 Å². The highest BCUT2D eigenvalue weighted by molar-refractivity contribution is 6.32. The van der Waals surface area contributed by atoms with Gasteiger partial charge in [-0.25, -0.2) is 8.78 Å². The molecule has 2 aromatic carbocycles. The number of benzene rings is 2. The molecule has 0 aliphatic rings. The largest absolute Gasteiger partial charge is 0.490 e. The van der Waals surface area contributed by atoms with E-state index in [1.165, 1.54) is 6.07 Å². The number of rotatable bonds is 5. The number of aryl methyl sites for hydroxylation is 1. The van der Waals surface area contributed by atoms with Crippen LogP contribution in [0.3, 0.4) is 0 Å². The van der Waals surface area contributed by atoms with E-state index in [0.29, 0.717) is 10.8 Å². The average Bonchev–Trinajstić information content (AvgIpc) is 2.49. The summed E-state index contributed by atoms with van der Waals surface area (Å²) >= 11 is 5.98. The molecule has 0 atom stereocenters. The Kier molecular flexibility index (Phi) is 5.33. The van der Waals surface area contributed by atoms with E-state index in [9.17, 15) is 13.6 Å². The summed E-state index contributed by atoms with van der Waals surface area (Å²) in [4.78, 5) is 11.8. The van der Waals surface area contributed by atoms with Gasteiger partial charge >= 0.3 is 0 Å². The van der Waals surface area contributed by atoms with Gasteiger partial charge in [0.2, 0.25) is 0 Å². The first-order valence-electron chi connectivity index (χ1n) is 6.59. The molecule has 0 saturated heterocycles. The van der Waals surface area contributed by atoms with E-state index in [1.807, 2.05) is 13.0 Å². The van der Waals surface area contributed by atoms with Gasteiger partial charge in [0.1, 0.15) is 12.4 Å². The van der Waals surface area contributed by atoms with Crippen LogP contribution in [0.4, 0.5) is 8.78 Å². The Bertz CT molecular complexity index is 692. The Balaban J connectivity index is 1.84. The molecule has 0 bridgehead atoms. The number of amides is 1. The minimum absolute atomic E-state index is 0.0486. The molecule has 0 aromatic heterocycles. The molecule has 0 fully saturated rings. The first-order chi connectivity index (χ1) is 10.5. The van der Waals surface area contributed by atoms with E-state index in [1.54, 1.807) is 12.1 Å². The van der Waals surface area contributed by atoms with Gasteiger partial charge in [0, 0.05) is 5.56 Å². The lowest BCUT2D eigenvalue weighted by atomic mass is 10.2. The molecule has 2 rings (SSSR count). The van der Waals surface area contributed by atoms with Gasteiger partial charge in [-0.05, 0) is 42.8 Å². The lowest BCUT2D eigenvalue weighted by molar-refractivity contribution is 0.0946. The van der Waals surface area contributed by atoms with Crippen LogP contribution >= 0.6 is 11.6 Å². The van der Waals surface area contributed by atoms with E-state index in [-0.39, 0.29) is 18.7 Å². The number of ether oxygens (including phenoxy) is 1. The molecule has 0 heterocycles. The topological polar surface area (TPSA) is 38.3 Å². The van der Waals surface area contributed by atoms with Gasteiger partial charge in [-0.2, -0.15) is 0 Å². The zero-order chi connectivity index (χ0) is 16.1. The third kappa shape index (κ3) is 4.18. The van der Waals surface area contributed by atoms with Gasteiger partial charge in [0.05, 0.1) is 11.6 Å². The Morgan fingerprint density at radius 3 is 2.68 bits per heavy atom. The molecule has 6 heteroatoms. The molecular formula is C16H14ClF2NO2. The molecule has 116 valence electrons. The standard InChI is InChI=1S/C16H14ClF2NO2/c1-10-2-4-12(17)15(8-10)22-7-6-20-16(21)11-3-5-13(18)14(19)9-11/h2-5,8-9H,6-7H2,1H3,(H,20,21). The summed E-state index contributed by atoms with van der Waals surface area (Å²) in [5.41, 5.74) is 1.05. The second-order valence-electron chi connectivity index (χ2n) is 4.67. The van der Waals surface area contributed by atoms with Crippen molar-refractivity contribution in [2.45, 2.75) is 6.92 Å². The molecule has 3 nitrogen and oxygen atoms in total. The predicted molar refractivity (Wildman–Crippen MR) is 80.4 cm³/mol. The highest BCUT2D eigenvalue weighted by Crippen LogP contribution is 2.24. The summed E-state index contributed by atoms with van der Waals surface area (Å²) in [7, 11) is 0. The van der Waals surface area contributed by atoms with Gasteiger partial charge in [-0.3, -0.25) is 4.79 Å². The van der Waals surface area contributed by atoms with Gasteiger partial charge in [-0.15, -0.1) is 0 Å². The quantitative estimate of drug-likeness (QED) is 0.851. The van der Waals surface area contributed by atoms with Crippen molar-refractivity contribution in [1.82, 2.24) is 5.32 Å². The number of carbonyl (C=O) groups is 1. The molecule has 1 amide bonds. The second kappa shape index (κ2) is 7.22. The van der Waals surface area contributed by atoms with Crippen molar-refractivity contribution < 1.29 is 18.3 Å². The normalized spacial score (nSPS) is 10.4. The van der Waals surface area contributed by atoms with Crippen LogP contribution < -0.4 is 10.1 Å². The summed E-state index contributed by atoms with van der Waals surface area (Å²) in [5, 5.41) is 3.04.